The summed E-state index contributed by atoms with van der Waals surface area (Å²) in [6, 6.07) is 7.52. The lowest BCUT2D eigenvalue weighted by Crippen LogP contribution is -2.10. The summed E-state index contributed by atoms with van der Waals surface area (Å²) in [4.78, 5) is 8.34. The van der Waals surface area contributed by atoms with Crippen LogP contribution in [0.4, 0.5) is 23.0 Å². The first kappa shape index (κ1) is 15.8. The van der Waals surface area contributed by atoms with Crippen molar-refractivity contribution in [1.29, 1.82) is 0 Å². The van der Waals surface area contributed by atoms with Gasteiger partial charge in [-0.15, -0.1) is 0 Å². The molecule has 0 amide bonds. The number of nitrogen functional groups attached to an aromatic ring is 1. The molecule has 0 atom stereocenters. The van der Waals surface area contributed by atoms with Gasteiger partial charge in [0.2, 0.25) is 0 Å². The van der Waals surface area contributed by atoms with Gasteiger partial charge < -0.3 is 25.8 Å². The van der Waals surface area contributed by atoms with E-state index < -0.39 is 0 Å². The molecule has 1 heterocycles. The number of aromatic nitrogens is 2. The van der Waals surface area contributed by atoms with Crippen LogP contribution in [0, 0.1) is 0 Å². The van der Waals surface area contributed by atoms with E-state index in [0.29, 0.717) is 23.9 Å². The maximum atomic E-state index is 6.10. The van der Waals surface area contributed by atoms with Gasteiger partial charge in [-0.2, -0.15) is 0 Å². The molecule has 0 saturated carbocycles. The first-order valence-electron chi connectivity index (χ1n) is 6.99. The molecule has 1 aromatic carbocycles. The minimum absolute atomic E-state index is 0.482. The van der Waals surface area contributed by atoms with Crippen molar-refractivity contribution in [1.82, 2.24) is 9.97 Å². The molecule has 0 unspecified atom stereocenters. The van der Waals surface area contributed by atoms with Crippen LogP contribution in [0.3, 0.4) is 0 Å². The van der Waals surface area contributed by atoms with Crippen LogP contribution in [0.2, 0.25) is 0 Å². The Bertz CT molecular complexity index is 589. The Kier molecular flexibility index (Phi) is 5.79. The van der Waals surface area contributed by atoms with Gasteiger partial charge >= 0.3 is 0 Å². The second-order valence-corrected chi connectivity index (χ2v) is 4.61. The molecule has 1 aromatic heterocycles. The zero-order valence-corrected chi connectivity index (χ0v) is 12.8. The Labute approximate surface area is 129 Å². The average molecular weight is 303 g/mol. The minimum Gasteiger partial charge on any atom is -0.497 e. The fraction of sp³-hybridized carbons (Fsp3) is 0.333. The average Bonchev–Trinajstić information content (AvgIpc) is 2.55. The molecule has 4 N–H and O–H groups in total. The number of anilines is 4. The van der Waals surface area contributed by atoms with Crippen molar-refractivity contribution in [2.75, 3.05) is 43.7 Å². The van der Waals surface area contributed by atoms with Crippen molar-refractivity contribution in [3.8, 4) is 5.75 Å². The molecule has 0 saturated heterocycles. The molecule has 0 bridgehead atoms. The molecule has 0 radical (unpaired) electrons. The molecule has 0 spiro atoms. The van der Waals surface area contributed by atoms with Crippen LogP contribution in [0.1, 0.15) is 6.42 Å². The number of nitrogens with two attached hydrogens (primary N) is 1. The molecule has 2 aromatic rings. The van der Waals surface area contributed by atoms with E-state index in [1.54, 1.807) is 14.2 Å². The van der Waals surface area contributed by atoms with Crippen molar-refractivity contribution in [2.24, 2.45) is 0 Å². The third-order valence-corrected chi connectivity index (χ3v) is 3.05. The number of rotatable bonds is 8. The van der Waals surface area contributed by atoms with E-state index in [9.17, 15) is 0 Å². The zero-order valence-electron chi connectivity index (χ0n) is 12.8. The van der Waals surface area contributed by atoms with E-state index in [1.807, 2.05) is 24.3 Å². The third-order valence-electron chi connectivity index (χ3n) is 3.05. The number of hydrogen-bond donors (Lipinski definition) is 3. The highest BCUT2D eigenvalue weighted by atomic mass is 16.5. The van der Waals surface area contributed by atoms with Gasteiger partial charge in [0.25, 0.3) is 0 Å². The Balaban J connectivity index is 2.04. The Hall–Kier alpha value is -2.54. The third kappa shape index (κ3) is 4.23. The van der Waals surface area contributed by atoms with Gasteiger partial charge in [0.05, 0.1) is 7.11 Å². The molecule has 7 heteroatoms. The molecular weight excluding hydrogens is 282 g/mol. The molecule has 0 fully saturated rings. The Morgan fingerprint density at radius 2 is 1.82 bits per heavy atom. The number of benzene rings is 1. The highest BCUT2D eigenvalue weighted by Crippen LogP contribution is 2.26. The van der Waals surface area contributed by atoms with Crippen molar-refractivity contribution in [2.45, 2.75) is 6.42 Å². The molecule has 22 heavy (non-hydrogen) atoms. The normalized spacial score (nSPS) is 10.3. The number of nitrogens with zero attached hydrogens (tertiary/aromatic N) is 2. The van der Waals surface area contributed by atoms with Crippen LogP contribution in [-0.2, 0) is 4.74 Å². The largest absolute Gasteiger partial charge is 0.497 e. The summed E-state index contributed by atoms with van der Waals surface area (Å²) in [5, 5.41) is 6.35. The topological polar surface area (TPSA) is 94.3 Å². The number of hydrogen-bond acceptors (Lipinski definition) is 7. The zero-order chi connectivity index (χ0) is 15.8. The summed E-state index contributed by atoms with van der Waals surface area (Å²) < 4.78 is 10.1. The molecular formula is C15H21N5O2. The smallest absolute Gasteiger partial charge is 0.159 e. The fourth-order valence-corrected chi connectivity index (χ4v) is 1.87. The fourth-order valence-electron chi connectivity index (χ4n) is 1.87. The first-order valence-corrected chi connectivity index (χ1v) is 6.99. The summed E-state index contributed by atoms with van der Waals surface area (Å²) in [5.74, 6) is 1.97. The van der Waals surface area contributed by atoms with E-state index in [1.165, 1.54) is 6.33 Å². The first-order chi connectivity index (χ1) is 10.7. The number of ether oxygens (including phenoxy) is 2. The van der Waals surface area contributed by atoms with Crippen molar-refractivity contribution in [3.63, 3.8) is 0 Å². The van der Waals surface area contributed by atoms with Crippen molar-refractivity contribution in [3.05, 3.63) is 30.6 Å². The van der Waals surface area contributed by atoms with E-state index in [-0.39, 0.29) is 0 Å². The van der Waals surface area contributed by atoms with Gasteiger partial charge in [0.15, 0.2) is 11.6 Å². The number of nitrogens with one attached hydrogen (secondary N) is 2. The predicted octanol–water partition coefficient (Wildman–Crippen LogP) is 2.26. The lowest BCUT2D eigenvalue weighted by atomic mass is 10.3. The Morgan fingerprint density at radius 3 is 2.50 bits per heavy atom. The molecule has 7 nitrogen and oxygen atoms in total. The second-order valence-electron chi connectivity index (χ2n) is 4.61. The van der Waals surface area contributed by atoms with E-state index in [4.69, 9.17) is 15.2 Å². The summed E-state index contributed by atoms with van der Waals surface area (Å²) in [6.45, 7) is 1.42. The predicted molar refractivity (Wildman–Crippen MR) is 87.7 cm³/mol. The molecule has 0 aliphatic rings. The molecule has 118 valence electrons. The lowest BCUT2D eigenvalue weighted by Gasteiger charge is -2.12. The van der Waals surface area contributed by atoms with Crippen LogP contribution in [-0.4, -0.2) is 37.3 Å². The Morgan fingerprint density at radius 1 is 1.09 bits per heavy atom. The minimum atomic E-state index is 0.482. The van der Waals surface area contributed by atoms with Crippen molar-refractivity contribution < 1.29 is 9.47 Å². The van der Waals surface area contributed by atoms with Crippen LogP contribution in [0.5, 0.6) is 5.75 Å². The second kappa shape index (κ2) is 8.04. The monoisotopic (exact) mass is 303 g/mol. The molecule has 0 aliphatic carbocycles. The molecule has 0 aliphatic heterocycles. The number of methoxy groups -OCH3 is 2. The van der Waals surface area contributed by atoms with E-state index >= 15 is 0 Å². The van der Waals surface area contributed by atoms with Crippen molar-refractivity contribution >= 4 is 23.0 Å². The summed E-state index contributed by atoms with van der Waals surface area (Å²) in [6.07, 6.45) is 2.35. The maximum absolute atomic E-state index is 6.10. The summed E-state index contributed by atoms with van der Waals surface area (Å²) >= 11 is 0. The van der Waals surface area contributed by atoms with Gasteiger partial charge in [-0.25, -0.2) is 9.97 Å². The SMILES string of the molecule is COCCCNc1ncnc(Nc2ccc(OC)cc2)c1N. The van der Waals surface area contributed by atoms with Gasteiger partial charge in [-0.05, 0) is 30.7 Å². The maximum Gasteiger partial charge on any atom is 0.159 e. The quantitative estimate of drug-likeness (QED) is 0.644. The van der Waals surface area contributed by atoms with Crippen LogP contribution < -0.4 is 21.1 Å². The van der Waals surface area contributed by atoms with Gasteiger partial charge in [-0.1, -0.05) is 0 Å². The summed E-state index contributed by atoms with van der Waals surface area (Å²) in [7, 11) is 3.31. The summed E-state index contributed by atoms with van der Waals surface area (Å²) in [5.41, 5.74) is 7.45. The highest BCUT2D eigenvalue weighted by Gasteiger charge is 2.08. The lowest BCUT2D eigenvalue weighted by molar-refractivity contribution is 0.198. The van der Waals surface area contributed by atoms with Crippen LogP contribution in [0.25, 0.3) is 0 Å². The van der Waals surface area contributed by atoms with Gasteiger partial charge in [0, 0.05) is 25.9 Å². The standard InChI is InChI=1S/C15H21N5O2/c1-21-9-3-8-17-14-13(16)15(19-10-18-14)20-11-4-6-12(22-2)7-5-11/h4-7,10H,3,8-9,16H2,1-2H3,(H2,17,18,19,20). The van der Waals surface area contributed by atoms with Crippen LogP contribution in [0.15, 0.2) is 30.6 Å². The van der Waals surface area contributed by atoms with Crippen LogP contribution >= 0.6 is 0 Å². The van der Waals surface area contributed by atoms with Gasteiger partial charge in [-0.3, -0.25) is 0 Å². The van der Waals surface area contributed by atoms with Gasteiger partial charge in [0.1, 0.15) is 17.8 Å². The highest BCUT2D eigenvalue weighted by molar-refractivity contribution is 5.77. The molecule has 2 rings (SSSR count). The van der Waals surface area contributed by atoms with E-state index in [0.717, 1.165) is 24.4 Å². The van der Waals surface area contributed by atoms with E-state index in [2.05, 4.69) is 20.6 Å².